The molecule has 0 aliphatic carbocycles. The number of aromatic nitrogens is 2. The number of halogens is 1. The average molecular weight is 413 g/mol. The van der Waals surface area contributed by atoms with Crippen LogP contribution < -0.4 is 10.2 Å². The highest BCUT2D eigenvalue weighted by atomic mass is 79.9. The molecule has 8 heteroatoms. The lowest BCUT2D eigenvalue weighted by Gasteiger charge is -2.40. The number of carbonyl (C=O) groups is 2. The maximum atomic E-state index is 12.0. The Morgan fingerprint density at radius 3 is 2.44 bits per heavy atom. The van der Waals surface area contributed by atoms with Crippen molar-refractivity contribution in [2.75, 3.05) is 18.0 Å². The summed E-state index contributed by atoms with van der Waals surface area (Å²) in [5, 5.41) is 2.97. The molecule has 0 radical (unpaired) electrons. The SMILES string of the molecule is CC(=O)c1nc(Br)cnc1N1CCC(C)(NC(=O)OC(C)(C)C)CC1. The third-order valence-corrected chi connectivity index (χ3v) is 4.41. The number of ether oxygens (including phenoxy) is 1. The van der Waals surface area contributed by atoms with Gasteiger partial charge in [-0.15, -0.1) is 0 Å². The second kappa shape index (κ2) is 7.27. The van der Waals surface area contributed by atoms with Gasteiger partial charge in [-0.2, -0.15) is 0 Å². The summed E-state index contributed by atoms with van der Waals surface area (Å²) in [6.07, 6.45) is 2.63. The van der Waals surface area contributed by atoms with Crippen molar-refractivity contribution >= 4 is 33.6 Å². The van der Waals surface area contributed by atoms with Gasteiger partial charge in [-0.05, 0) is 56.5 Å². The molecule has 1 saturated heterocycles. The van der Waals surface area contributed by atoms with Crippen LogP contribution in [0.4, 0.5) is 10.6 Å². The second-order valence-corrected chi connectivity index (χ2v) is 8.41. The minimum absolute atomic E-state index is 0.121. The van der Waals surface area contributed by atoms with Crippen molar-refractivity contribution in [1.82, 2.24) is 15.3 Å². The number of Topliss-reactive ketones (excluding diaryl/α,β-unsaturated/α-hetero) is 1. The predicted octanol–water partition coefficient (Wildman–Crippen LogP) is 3.33. The second-order valence-electron chi connectivity index (χ2n) is 7.60. The first kappa shape index (κ1) is 19.6. The quantitative estimate of drug-likeness (QED) is 0.766. The van der Waals surface area contributed by atoms with E-state index in [1.807, 2.05) is 32.6 Å². The molecule has 1 aliphatic rings. The van der Waals surface area contributed by atoms with Crippen LogP contribution in [0.15, 0.2) is 10.8 Å². The zero-order valence-corrected chi connectivity index (χ0v) is 16.9. The maximum Gasteiger partial charge on any atom is 0.408 e. The number of nitrogens with zero attached hydrogens (tertiary/aromatic N) is 3. The van der Waals surface area contributed by atoms with Gasteiger partial charge in [0.25, 0.3) is 0 Å². The standard InChI is InChI=1S/C17H25BrN4O3/c1-11(23)13-14(19-10-12(18)20-13)22-8-6-17(5,7-9-22)21-15(24)25-16(2,3)4/h10H,6-9H2,1-5H3,(H,21,24). The molecule has 0 bridgehead atoms. The summed E-state index contributed by atoms with van der Waals surface area (Å²) in [5.74, 6) is 0.471. The Hall–Kier alpha value is -1.70. The molecule has 1 aliphatic heterocycles. The normalized spacial score (nSPS) is 17.1. The molecule has 25 heavy (non-hydrogen) atoms. The fourth-order valence-corrected chi connectivity index (χ4v) is 3.00. The molecule has 1 amide bonds. The van der Waals surface area contributed by atoms with Crippen LogP contribution in [0.5, 0.6) is 0 Å². The smallest absolute Gasteiger partial charge is 0.408 e. The van der Waals surface area contributed by atoms with Crippen LogP contribution in [0.3, 0.4) is 0 Å². The molecule has 0 atom stereocenters. The summed E-state index contributed by atoms with van der Waals surface area (Å²) in [4.78, 5) is 34.5. The summed E-state index contributed by atoms with van der Waals surface area (Å²) in [7, 11) is 0. The van der Waals surface area contributed by atoms with Gasteiger partial charge in [0.1, 0.15) is 15.9 Å². The monoisotopic (exact) mass is 412 g/mol. The predicted molar refractivity (Wildman–Crippen MR) is 99.0 cm³/mol. The first-order valence-electron chi connectivity index (χ1n) is 8.29. The fourth-order valence-electron chi connectivity index (χ4n) is 2.72. The van der Waals surface area contributed by atoms with Crippen LogP contribution in [-0.2, 0) is 4.74 Å². The maximum absolute atomic E-state index is 12.0. The molecule has 0 spiro atoms. The van der Waals surface area contributed by atoms with Gasteiger partial charge in [-0.3, -0.25) is 4.79 Å². The highest BCUT2D eigenvalue weighted by molar-refractivity contribution is 9.10. The number of nitrogens with one attached hydrogen (secondary N) is 1. The van der Waals surface area contributed by atoms with Crippen molar-refractivity contribution in [2.45, 2.75) is 58.6 Å². The van der Waals surface area contributed by atoms with Crippen molar-refractivity contribution in [3.63, 3.8) is 0 Å². The molecule has 1 aromatic rings. The Bertz CT molecular complexity index is 664. The Labute approximate surface area is 156 Å². The fraction of sp³-hybridized carbons (Fsp3) is 0.647. The summed E-state index contributed by atoms with van der Waals surface area (Å²) in [6.45, 7) is 10.4. The van der Waals surface area contributed by atoms with E-state index in [0.29, 0.717) is 29.2 Å². The van der Waals surface area contributed by atoms with Gasteiger partial charge in [0.2, 0.25) is 0 Å². The number of anilines is 1. The van der Waals surface area contributed by atoms with E-state index in [2.05, 4.69) is 31.2 Å². The Morgan fingerprint density at radius 1 is 1.32 bits per heavy atom. The van der Waals surface area contributed by atoms with Crippen LogP contribution in [0.25, 0.3) is 0 Å². The molecular weight excluding hydrogens is 388 g/mol. The Kier molecular flexibility index (Phi) is 5.71. The van der Waals surface area contributed by atoms with Crippen LogP contribution in [-0.4, -0.2) is 46.1 Å². The summed E-state index contributed by atoms with van der Waals surface area (Å²) < 4.78 is 5.88. The molecule has 1 fully saturated rings. The Balaban J connectivity index is 2.04. The minimum atomic E-state index is -0.523. The van der Waals surface area contributed by atoms with E-state index in [0.717, 1.165) is 12.8 Å². The molecular formula is C17H25BrN4O3. The van der Waals surface area contributed by atoms with E-state index in [-0.39, 0.29) is 11.3 Å². The summed E-state index contributed by atoms with van der Waals surface area (Å²) in [6, 6.07) is 0. The van der Waals surface area contributed by atoms with E-state index in [1.165, 1.54) is 6.92 Å². The van der Waals surface area contributed by atoms with E-state index >= 15 is 0 Å². The number of alkyl carbamates (subject to hydrolysis) is 1. The molecule has 1 N–H and O–H groups in total. The topological polar surface area (TPSA) is 84.4 Å². The van der Waals surface area contributed by atoms with E-state index in [1.54, 1.807) is 6.20 Å². The van der Waals surface area contributed by atoms with Gasteiger partial charge in [-0.1, -0.05) is 0 Å². The lowest BCUT2D eigenvalue weighted by Crippen LogP contribution is -2.54. The van der Waals surface area contributed by atoms with E-state index in [9.17, 15) is 9.59 Å². The number of amides is 1. The summed E-state index contributed by atoms with van der Waals surface area (Å²) in [5.41, 5.74) is -0.513. The van der Waals surface area contributed by atoms with Crippen molar-refractivity contribution in [3.8, 4) is 0 Å². The first-order valence-corrected chi connectivity index (χ1v) is 9.08. The van der Waals surface area contributed by atoms with E-state index in [4.69, 9.17) is 4.74 Å². The van der Waals surface area contributed by atoms with Crippen LogP contribution in [0, 0.1) is 0 Å². The van der Waals surface area contributed by atoms with Gasteiger partial charge >= 0.3 is 6.09 Å². The molecule has 1 aromatic heterocycles. The van der Waals surface area contributed by atoms with Crippen molar-refractivity contribution in [1.29, 1.82) is 0 Å². The van der Waals surface area contributed by atoms with Crippen molar-refractivity contribution < 1.29 is 14.3 Å². The molecule has 0 aromatic carbocycles. The largest absolute Gasteiger partial charge is 0.444 e. The van der Waals surface area contributed by atoms with Gasteiger partial charge < -0.3 is 15.0 Å². The molecule has 0 unspecified atom stereocenters. The zero-order chi connectivity index (χ0) is 18.8. The number of hydrogen-bond donors (Lipinski definition) is 1. The van der Waals surface area contributed by atoms with Gasteiger partial charge in [0.05, 0.1) is 6.20 Å². The number of ketones is 1. The van der Waals surface area contributed by atoms with Gasteiger partial charge in [0, 0.05) is 25.6 Å². The molecule has 2 heterocycles. The first-order chi connectivity index (χ1) is 11.5. The number of hydrogen-bond acceptors (Lipinski definition) is 6. The van der Waals surface area contributed by atoms with Crippen molar-refractivity contribution in [2.24, 2.45) is 0 Å². The zero-order valence-electron chi connectivity index (χ0n) is 15.4. The third-order valence-electron chi connectivity index (χ3n) is 4.03. The number of piperidine rings is 1. The third kappa shape index (κ3) is 5.39. The molecule has 7 nitrogen and oxygen atoms in total. The molecule has 2 rings (SSSR count). The highest BCUT2D eigenvalue weighted by Crippen LogP contribution is 2.27. The van der Waals surface area contributed by atoms with Crippen LogP contribution >= 0.6 is 15.9 Å². The van der Waals surface area contributed by atoms with Crippen LogP contribution in [0.2, 0.25) is 0 Å². The molecule has 0 saturated carbocycles. The van der Waals surface area contributed by atoms with E-state index < -0.39 is 11.7 Å². The number of rotatable bonds is 3. The van der Waals surface area contributed by atoms with Crippen LogP contribution in [0.1, 0.15) is 57.9 Å². The molecule has 138 valence electrons. The average Bonchev–Trinajstić information content (AvgIpc) is 2.45. The van der Waals surface area contributed by atoms with Crippen molar-refractivity contribution in [3.05, 3.63) is 16.5 Å². The summed E-state index contributed by atoms with van der Waals surface area (Å²) >= 11 is 3.25. The minimum Gasteiger partial charge on any atom is -0.444 e. The highest BCUT2D eigenvalue weighted by Gasteiger charge is 2.34. The van der Waals surface area contributed by atoms with Gasteiger partial charge in [0.15, 0.2) is 11.6 Å². The Morgan fingerprint density at radius 2 is 1.92 bits per heavy atom. The van der Waals surface area contributed by atoms with Gasteiger partial charge in [-0.25, -0.2) is 14.8 Å². The number of carbonyl (C=O) groups excluding carboxylic acids is 2. The lowest BCUT2D eigenvalue weighted by atomic mass is 9.89. The lowest BCUT2D eigenvalue weighted by molar-refractivity contribution is 0.0448.